The fourth-order valence-electron chi connectivity index (χ4n) is 2.24. The van der Waals surface area contributed by atoms with Crippen molar-refractivity contribution < 1.29 is 17.7 Å². The molecular formula is C16H17FN2O4S. The zero-order chi connectivity index (χ0) is 17.9. The first-order valence-corrected chi connectivity index (χ1v) is 8.76. The van der Waals surface area contributed by atoms with E-state index in [0.29, 0.717) is 11.1 Å². The van der Waals surface area contributed by atoms with Gasteiger partial charge in [0.25, 0.3) is 5.69 Å². The summed E-state index contributed by atoms with van der Waals surface area (Å²) in [6, 6.07) is 10.5. The number of benzene rings is 2. The number of nitrogens with zero attached hydrogens (tertiary/aromatic N) is 2. The largest absolute Gasteiger partial charge is 0.269 e. The lowest BCUT2D eigenvalue weighted by molar-refractivity contribution is -0.384. The van der Waals surface area contributed by atoms with E-state index in [-0.39, 0.29) is 11.4 Å². The molecule has 128 valence electrons. The number of hydrogen-bond acceptors (Lipinski definition) is 4. The molecule has 0 N–H and O–H groups in total. The second kappa shape index (κ2) is 7.06. The van der Waals surface area contributed by atoms with Gasteiger partial charge in [-0.3, -0.25) is 10.1 Å². The van der Waals surface area contributed by atoms with Crippen LogP contribution in [-0.2, 0) is 15.8 Å². The highest BCUT2D eigenvalue weighted by Gasteiger charge is 2.25. The molecule has 0 radical (unpaired) electrons. The molecule has 0 amide bonds. The molecular weight excluding hydrogens is 335 g/mol. The summed E-state index contributed by atoms with van der Waals surface area (Å²) in [5.41, 5.74) is 0.896. The third-order valence-corrected chi connectivity index (χ3v) is 5.70. The Morgan fingerprint density at radius 1 is 1.21 bits per heavy atom. The van der Waals surface area contributed by atoms with Gasteiger partial charge in [-0.1, -0.05) is 24.3 Å². The molecule has 0 unspecified atom stereocenters. The Labute approximate surface area is 139 Å². The minimum absolute atomic E-state index is 0.0938. The lowest BCUT2D eigenvalue weighted by Gasteiger charge is -2.24. The fraction of sp³-hybridized carbons (Fsp3) is 0.250. The summed E-state index contributed by atoms with van der Waals surface area (Å²) < 4.78 is 39.1. The van der Waals surface area contributed by atoms with E-state index in [9.17, 15) is 22.9 Å². The van der Waals surface area contributed by atoms with Crippen molar-refractivity contribution in [3.8, 4) is 0 Å². The summed E-state index contributed by atoms with van der Waals surface area (Å²) in [5.74, 6) is -0.710. The van der Waals surface area contributed by atoms with Crippen molar-refractivity contribution >= 4 is 15.7 Å². The highest BCUT2D eigenvalue weighted by atomic mass is 32.2. The Balaban J connectivity index is 2.22. The molecule has 0 saturated carbocycles. The topological polar surface area (TPSA) is 80.5 Å². The van der Waals surface area contributed by atoms with Crippen molar-refractivity contribution in [1.82, 2.24) is 4.31 Å². The molecule has 2 rings (SSSR count). The van der Waals surface area contributed by atoms with E-state index in [1.807, 2.05) is 0 Å². The van der Waals surface area contributed by atoms with Crippen molar-refractivity contribution in [3.05, 3.63) is 75.6 Å². The molecule has 8 heteroatoms. The van der Waals surface area contributed by atoms with Crippen molar-refractivity contribution in [1.29, 1.82) is 0 Å². The van der Waals surface area contributed by atoms with Gasteiger partial charge >= 0.3 is 0 Å². The van der Waals surface area contributed by atoms with Gasteiger partial charge in [0.05, 0.1) is 10.7 Å². The maximum Gasteiger partial charge on any atom is 0.269 e. The normalized spacial score (nSPS) is 13.0. The molecule has 0 aromatic heterocycles. The highest BCUT2D eigenvalue weighted by molar-refractivity contribution is 7.88. The summed E-state index contributed by atoms with van der Waals surface area (Å²) in [6.07, 6.45) is 0. The molecule has 0 spiro atoms. The second-order valence-electron chi connectivity index (χ2n) is 5.43. The van der Waals surface area contributed by atoms with Gasteiger partial charge in [-0.05, 0) is 30.2 Å². The lowest BCUT2D eigenvalue weighted by Crippen LogP contribution is -2.30. The fourth-order valence-corrected chi connectivity index (χ4v) is 3.66. The third kappa shape index (κ3) is 4.15. The lowest BCUT2D eigenvalue weighted by atomic mass is 10.1. The van der Waals surface area contributed by atoms with Crippen LogP contribution in [0.1, 0.15) is 24.1 Å². The van der Waals surface area contributed by atoms with E-state index in [1.54, 1.807) is 13.0 Å². The average Bonchev–Trinajstić information content (AvgIpc) is 2.55. The summed E-state index contributed by atoms with van der Waals surface area (Å²) >= 11 is 0. The van der Waals surface area contributed by atoms with Gasteiger partial charge in [-0.15, -0.1) is 0 Å². The molecule has 0 aliphatic carbocycles. The first kappa shape index (κ1) is 18.0. The number of halogens is 1. The van der Waals surface area contributed by atoms with Crippen molar-refractivity contribution in [2.45, 2.75) is 18.7 Å². The van der Waals surface area contributed by atoms with Crippen LogP contribution in [0.3, 0.4) is 0 Å². The van der Waals surface area contributed by atoms with Crippen LogP contribution in [0, 0.1) is 15.9 Å². The Morgan fingerprint density at radius 3 is 2.42 bits per heavy atom. The number of sulfonamides is 1. The molecule has 6 nitrogen and oxygen atoms in total. The Bertz CT molecular complexity index is 837. The molecule has 0 aliphatic rings. The van der Waals surface area contributed by atoms with E-state index in [0.717, 1.165) is 4.31 Å². The molecule has 0 saturated heterocycles. The van der Waals surface area contributed by atoms with Crippen LogP contribution < -0.4 is 0 Å². The molecule has 0 aliphatic heterocycles. The quantitative estimate of drug-likeness (QED) is 0.590. The summed E-state index contributed by atoms with van der Waals surface area (Å²) in [5, 5.41) is 10.9. The van der Waals surface area contributed by atoms with Gasteiger partial charge in [-0.2, -0.15) is 4.31 Å². The van der Waals surface area contributed by atoms with E-state index in [1.165, 1.54) is 49.5 Å². The van der Waals surface area contributed by atoms with E-state index >= 15 is 0 Å². The van der Waals surface area contributed by atoms with Crippen LogP contribution in [0.4, 0.5) is 10.1 Å². The highest BCUT2D eigenvalue weighted by Crippen LogP contribution is 2.26. The molecule has 0 fully saturated rings. The van der Waals surface area contributed by atoms with Crippen LogP contribution >= 0.6 is 0 Å². The van der Waals surface area contributed by atoms with Gasteiger partial charge in [-0.25, -0.2) is 12.8 Å². The van der Waals surface area contributed by atoms with Crippen molar-refractivity contribution in [2.24, 2.45) is 0 Å². The maximum absolute atomic E-state index is 12.9. The molecule has 2 aromatic rings. The number of nitro benzene ring substituents is 1. The van der Waals surface area contributed by atoms with Gasteiger partial charge in [0.2, 0.25) is 10.0 Å². The summed E-state index contributed by atoms with van der Waals surface area (Å²) in [7, 11) is -2.25. The minimum atomic E-state index is -3.67. The number of rotatable bonds is 6. The standard InChI is InChI=1S/C16H17FN2O4S/c1-12(14-4-3-5-16(10-14)19(20)21)18(2)24(22,23)11-13-6-8-15(17)9-7-13/h3-10,12H,11H2,1-2H3/t12-/m0/s1. The van der Waals surface area contributed by atoms with Gasteiger partial charge in [0.1, 0.15) is 5.82 Å². The molecule has 24 heavy (non-hydrogen) atoms. The molecule has 1 atom stereocenters. The van der Waals surface area contributed by atoms with Gasteiger partial charge in [0.15, 0.2) is 0 Å². The van der Waals surface area contributed by atoms with Crippen LogP contribution in [0.2, 0.25) is 0 Å². The number of nitro groups is 1. The molecule has 0 heterocycles. The number of non-ortho nitro benzene ring substituents is 1. The summed E-state index contributed by atoms with van der Waals surface area (Å²) in [6.45, 7) is 1.65. The molecule has 0 bridgehead atoms. The summed E-state index contributed by atoms with van der Waals surface area (Å²) in [4.78, 5) is 10.3. The first-order valence-electron chi connectivity index (χ1n) is 7.15. The predicted molar refractivity (Wildman–Crippen MR) is 88.3 cm³/mol. The average molecular weight is 352 g/mol. The smallest absolute Gasteiger partial charge is 0.258 e. The zero-order valence-electron chi connectivity index (χ0n) is 13.2. The van der Waals surface area contributed by atoms with Crippen LogP contribution in [0.15, 0.2) is 48.5 Å². The van der Waals surface area contributed by atoms with Crippen molar-refractivity contribution in [2.75, 3.05) is 7.05 Å². The van der Waals surface area contributed by atoms with E-state index in [2.05, 4.69) is 0 Å². The Hall–Kier alpha value is -2.32. The SMILES string of the molecule is C[C@@H](c1cccc([N+](=O)[O-])c1)N(C)S(=O)(=O)Cc1ccc(F)cc1. The Kier molecular flexibility index (Phi) is 5.30. The maximum atomic E-state index is 12.9. The first-order chi connectivity index (χ1) is 11.2. The minimum Gasteiger partial charge on any atom is -0.258 e. The molecule has 2 aromatic carbocycles. The van der Waals surface area contributed by atoms with E-state index < -0.39 is 26.8 Å². The third-order valence-electron chi connectivity index (χ3n) is 3.81. The van der Waals surface area contributed by atoms with Crippen LogP contribution in [0.25, 0.3) is 0 Å². The van der Waals surface area contributed by atoms with E-state index in [4.69, 9.17) is 0 Å². The predicted octanol–water partition coefficient (Wildman–Crippen LogP) is 3.26. The zero-order valence-corrected chi connectivity index (χ0v) is 14.0. The second-order valence-corrected chi connectivity index (χ2v) is 7.46. The van der Waals surface area contributed by atoms with Crippen LogP contribution in [0.5, 0.6) is 0 Å². The Morgan fingerprint density at radius 2 is 1.83 bits per heavy atom. The van der Waals surface area contributed by atoms with Gasteiger partial charge in [0, 0.05) is 25.2 Å². The monoisotopic (exact) mass is 352 g/mol. The number of hydrogen-bond donors (Lipinski definition) is 0. The van der Waals surface area contributed by atoms with Crippen LogP contribution in [-0.4, -0.2) is 24.7 Å². The van der Waals surface area contributed by atoms with Crippen molar-refractivity contribution in [3.63, 3.8) is 0 Å². The van der Waals surface area contributed by atoms with Gasteiger partial charge < -0.3 is 0 Å².